The number of para-hydroxylation sites is 1. The summed E-state index contributed by atoms with van der Waals surface area (Å²) < 4.78 is 10.8. The van der Waals surface area contributed by atoms with Crippen molar-refractivity contribution in [3.63, 3.8) is 0 Å². The molecule has 0 spiro atoms. The molecular weight excluding hydrogens is 294 g/mol. The topological polar surface area (TPSA) is 84.2 Å². The van der Waals surface area contributed by atoms with Gasteiger partial charge in [0, 0.05) is 18.3 Å². The first-order chi connectivity index (χ1) is 11.2. The van der Waals surface area contributed by atoms with Gasteiger partial charge in [-0.2, -0.15) is 5.26 Å². The molecule has 0 saturated carbocycles. The number of rotatable bonds is 7. The molecule has 118 valence electrons. The number of nitrogens with one attached hydrogen (secondary N) is 1. The summed E-state index contributed by atoms with van der Waals surface area (Å²) in [6, 6.07) is 12.4. The fourth-order valence-electron chi connectivity index (χ4n) is 1.90. The van der Waals surface area contributed by atoms with Gasteiger partial charge in [-0.15, -0.1) is 0 Å². The van der Waals surface area contributed by atoms with Crippen LogP contribution < -0.4 is 14.8 Å². The first-order valence-corrected chi connectivity index (χ1v) is 7.20. The average Bonchev–Trinajstić information content (AvgIpc) is 2.59. The lowest BCUT2D eigenvalue weighted by Crippen LogP contribution is -2.28. The van der Waals surface area contributed by atoms with E-state index in [2.05, 4.69) is 10.3 Å². The van der Waals surface area contributed by atoms with Crippen LogP contribution in [0.1, 0.15) is 18.1 Å². The average molecular weight is 311 g/mol. The van der Waals surface area contributed by atoms with Gasteiger partial charge in [0.1, 0.15) is 11.8 Å². The Bertz CT molecular complexity index is 710. The Morgan fingerprint density at radius 2 is 2.09 bits per heavy atom. The smallest absolute Gasteiger partial charge is 0.258 e. The summed E-state index contributed by atoms with van der Waals surface area (Å²) in [5.41, 5.74) is 1.19. The first kappa shape index (κ1) is 16.3. The number of carbonyl (C=O) groups excluding carboxylic acids is 1. The molecule has 0 bridgehead atoms. The van der Waals surface area contributed by atoms with Crippen molar-refractivity contribution >= 4 is 5.91 Å². The molecule has 0 atom stereocenters. The highest BCUT2D eigenvalue weighted by Crippen LogP contribution is 2.16. The molecule has 6 heteroatoms. The molecule has 23 heavy (non-hydrogen) atoms. The van der Waals surface area contributed by atoms with Gasteiger partial charge in [-0.3, -0.25) is 4.79 Å². The number of nitriles is 1. The highest BCUT2D eigenvalue weighted by molar-refractivity contribution is 5.77. The predicted octanol–water partition coefficient (Wildman–Crippen LogP) is 2.05. The number of carbonyl (C=O) groups is 1. The number of hydrogen-bond acceptors (Lipinski definition) is 5. The Kier molecular flexibility index (Phi) is 5.95. The predicted molar refractivity (Wildman–Crippen MR) is 83.9 cm³/mol. The molecule has 0 saturated heterocycles. The summed E-state index contributed by atoms with van der Waals surface area (Å²) >= 11 is 0. The lowest BCUT2D eigenvalue weighted by Gasteiger charge is -2.11. The molecule has 1 N–H and O–H groups in total. The van der Waals surface area contributed by atoms with Crippen LogP contribution in [-0.2, 0) is 11.3 Å². The van der Waals surface area contributed by atoms with E-state index >= 15 is 0 Å². The van der Waals surface area contributed by atoms with Crippen molar-refractivity contribution in [2.75, 3.05) is 13.2 Å². The van der Waals surface area contributed by atoms with Gasteiger partial charge in [-0.05, 0) is 25.1 Å². The van der Waals surface area contributed by atoms with Crippen molar-refractivity contribution in [1.82, 2.24) is 10.3 Å². The van der Waals surface area contributed by atoms with Crippen molar-refractivity contribution in [2.24, 2.45) is 0 Å². The van der Waals surface area contributed by atoms with Gasteiger partial charge in [0.25, 0.3) is 5.91 Å². The maximum atomic E-state index is 11.9. The normalized spacial score (nSPS) is 9.74. The van der Waals surface area contributed by atoms with Crippen molar-refractivity contribution in [1.29, 1.82) is 5.26 Å². The largest absolute Gasteiger partial charge is 0.482 e. The van der Waals surface area contributed by atoms with Crippen LogP contribution in [-0.4, -0.2) is 24.1 Å². The molecule has 1 amide bonds. The summed E-state index contributed by atoms with van der Waals surface area (Å²) in [6.45, 7) is 2.51. The maximum Gasteiger partial charge on any atom is 0.258 e. The molecular formula is C17H17N3O3. The number of pyridine rings is 1. The molecule has 0 radical (unpaired) electrons. The van der Waals surface area contributed by atoms with Crippen LogP contribution in [0.15, 0.2) is 42.6 Å². The van der Waals surface area contributed by atoms with E-state index in [0.29, 0.717) is 30.3 Å². The van der Waals surface area contributed by atoms with E-state index < -0.39 is 0 Å². The van der Waals surface area contributed by atoms with E-state index in [1.165, 1.54) is 0 Å². The van der Waals surface area contributed by atoms with Crippen LogP contribution in [0.3, 0.4) is 0 Å². The Morgan fingerprint density at radius 1 is 1.26 bits per heavy atom. The third-order valence-corrected chi connectivity index (χ3v) is 2.97. The van der Waals surface area contributed by atoms with Gasteiger partial charge in [-0.1, -0.05) is 18.2 Å². The summed E-state index contributed by atoms with van der Waals surface area (Å²) in [7, 11) is 0. The van der Waals surface area contributed by atoms with Crippen LogP contribution in [0.4, 0.5) is 0 Å². The van der Waals surface area contributed by atoms with E-state index in [9.17, 15) is 4.79 Å². The number of ether oxygens (including phenoxy) is 2. The van der Waals surface area contributed by atoms with Gasteiger partial charge in [-0.25, -0.2) is 4.98 Å². The first-order valence-electron chi connectivity index (χ1n) is 7.20. The minimum Gasteiger partial charge on any atom is -0.482 e. The second-order valence-electron chi connectivity index (χ2n) is 4.57. The Morgan fingerprint density at radius 3 is 2.87 bits per heavy atom. The van der Waals surface area contributed by atoms with E-state index in [0.717, 1.165) is 5.56 Å². The fourth-order valence-corrected chi connectivity index (χ4v) is 1.90. The summed E-state index contributed by atoms with van der Waals surface area (Å²) in [4.78, 5) is 16.0. The standard InChI is InChI=1S/C17H17N3O3/c1-2-22-17-14(7-5-9-19-17)11-20-16(21)12-23-15-8-4-3-6-13(15)10-18/h3-9H,2,11-12H2,1H3,(H,20,21). The van der Waals surface area contributed by atoms with Crippen LogP contribution in [0.2, 0.25) is 0 Å². The molecule has 6 nitrogen and oxygen atoms in total. The van der Waals surface area contributed by atoms with Gasteiger partial charge in [0.15, 0.2) is 6.61 Å². The zero-order chi connectivity index (χ0) is 16.5. The highest BCUT2D eigenvalue weighted by atomic mass is 16.5. The van der Waals surface area contributed by atoms with Gasteiger partial charge in [0.2, 0.25) is 5.88 Å². The lowest BCUT2D eigenvalue weighted by molar-refractivity contribution is -0.123. The number of benzene rings is 1. The van der Waals surface area contributed by atoms with Gasteiger partial charge < -0.3 is 14.8 Å². The molecule has 2 rings (SSSR count). The third kappa shape index (κ3) is 4.71. The molecule has 0 unspecified atom stereocenters. The SMILES string of the molecule is CCOc1ncccc1CNC(=O)COc1ccccc1C#N. The van der Waals surface area contributed by atoms with E-state index in [-0.39, 0.29) is 12.5 Å². The minimum absolute atomic E-state index is 0.164. The molecule has 0 aliphatic rings. The quantitative estimate of drug-likeness (QED) is 0.846. The molecule has 2 aromatic rings. The number of hydrogen-bond donors (Lipinski definition) is 1. The summed E-state index contributed by atoms with van der Waals surface area (Å²) in [5.74, 6) is 0.608. The number of nitrogens with zero attached hydrogens (tertiary/aromatic N) is 2. The highest BCUT2D eigenvalue weighted by Gasteiger charge is 2.08. The lowest BCUT2D eigenvalue weighted by atomic mass is 10.2. The van der Waals surface area contributed by atoms with Crippen molar-refractivity contribution in [2.45, 2.75) is 13.5 Å². The zero-order valence-electron chi connectivity index (χ0n) is 12.8. The monoisotopic (exact) mass is 311 g/mol. The number of aromatic nitrogens is 1. The van der Waals surface area contributed by atoms with Crippen LogP contribution in [0, 0.1) is 11.3 Å². The van der Waals surface area contributed by atoms with E-state index in [4.69, 9.17) is 14.7 Å². The molecule has 0 aliphatic carbocycles. The number of amides is 1. The van der Waals surface area contributed by atoms with E-state index in [1.807, 2.05) is 19.1 Å². The van der Waals surface area contributed by atoms with Crippen LogP contribution in [0.5, 0.6) is 11.6 Å². The second kappa shape index (κ2) is 8.39. The van der Waals surface area contributed by atoms with Crippen molar-refractivity contribution in [3.8, 4) is 17.7 Å². The fraction of sp³-hybridized carbons (Fsp3) is 0.235. The Hall–Kier alpha value is -3.07. The molecule has 1 aromatic heterocycles. The summed E-state index contributed by atoms with van der Waals surface area (Å²) in [5, 5.41) is 11.7. The third-order valence-electron chi connectivity index (χ3n) is 2.97. The molecule has 0 fully saturated rings. The Labute approximate surface area is 134 Å². The van der Waals surface area contributed by atoms with Crippen LogP contribution >= 0.6 is 0 Å². The second-order valence-corrected chi connectivity index (χ2v) is 4.57. The van der Waals surface area contributed by atoms with Crippen LogP contribution in [0.25, 0.3) is 0 Å². The van der Waals surface area contributed by atoms with Gasteiger partial charge in [0.05, 0.1) is 12.2 Å². The molecule has 1 aromatic carbocycles. The minimum atomic E-state index is -0.288. The van der Waals surface area contributed by atoms with Crippen molar-refractivity contribution < 1.29 is 14.3 Å². The van der Waals surface area contributed by atoms with Gasteiger partial charge >= 0.3 is 0 Å². The summed E-state index contributed by atoms with van der Waals surface area (Å²) in [6.07, 6.45) is 1.64. The maximum absolute atomic E-state index is 11.9. The zero-order valence-corrected chi connectivity index (χ0v) is 12.8. The Balaban J connectivity index is 1.87. The molecule has 1 heterocycles. The van der Waals surface area contributed by atoms with Crippen molar-refractivity contribution in [3.05, 3.63) is 53.7 Å². The van der Waals surface area contributed by atoms with E-state index in [1.54, 1.807) is 36.5 Å². The molecule has 0 aliphatic heterocycles.